The van der Waals surface area contributed by atoms with Gasteiger partial charge in [0.25, 0.3) is 0 Å². The van der Waals surface area contributed by atoms with E-state index in [1.165, 1.54) is 5.56 Å². The van der Waals surface area contributed by atoms with E-state index in [9.17, 15) is 4.79 Å². The highest BCUT2D eigenvalue weighted by molar-refractivity contribution is 9.10. The van der Waals surface area contributed by atoms with Crippen LogP contribution in [0.2, 0.25) is 0 Å². The Bertz CT molecular complexity index is 403. The molecule has 4 heteroatoms. The van der Waals surface area contributed by atoms with Gasteiger partial charge in [-0.1, -0.05) is 41.9 Å². The van der Waals surface area contributed by atoms with Crippen LogP contribution in [-0.2, 0) is 11.2 Å². The van der Waals surface area contributed by atoms with E-state index in [4.69, 9.17) is 0 Å². The number of hydrogen-bond acceptors (Lipinski definition) is 2. The highest BCUT2D eigenvalue weighted by atomic mass is 79.9. The maximum atomic E-state index is 11.6. The molecule has 0 aliphatic rings. The minimum atomic E-state index is 0.127. The Morgan fingerprint density at radius 2 is 1.85 bits per heavy atom. The van der Waals surface area contributed by atoms with Gasteiger partial charge in [-0.3, -0.25) is 4.79 Å². The first-order valence-corrected chi connectivity index (χ1v) is 8.01. The van der Waals surface area contributed by atoms with E-state index >= 15 is 0 Å². The molecule has 0 aliphatic carbocycles. The van der Waals surface area contributed by atoms with Crippen molar-refractivity contribution in [2.24, 2.45) is 5.92 Å². The summed E-state index contributed by atoms with van der Waals surface area (Å²) >= 11 is 3.43. The van der Waals surface area contributed by atoms with Crippen molar-refractivity contribution < 1.29 is 4.79 Å². The molecule has 0 fully saturated rings. The normalized spacial score (nSPS) is 12.4. The molecule has 1 atom stereocenters. The van der Waals surface area contributed by atoms with Crippen LogP contribution in [-0.4, -0.2) is 25.0 Å². The average molecular weight is 341 g/mol. The largest absolute Gasteiger partial charge is 0.356 e. The Kier molecular flexibility index (Phi) is 7.85. The first kappa shape index (κ1) is 17.2. The van der Waals surface area contributed by atoms with Gasteiger partial charge in [-0.05, 0) is 37.0 Å². The fourth-order valence-electron chi connectivity index (χ4n) is 1.88. The van der Waals surface area contributed by atoms with Crippen LogP contribution in [0.4, 0.5) is 0 Å². The predicted molar refractivity (Wildman–Crippen MR) is 87.8 cm³/mol. The standard InChI is InChI=1S/C16H25BrN2O/c1-12(2)11-19-16(20)8-9-18-13(3)10-14-4-6-15(17)7-5-14/h4-7,12-13,18H,8-11H2,1-3H3,(H,19,20). The van der Waals surface area contributed by atoms with E-state index in [0.29, 0.717) is 18.4 Å². The van der Waals surface area contributed by atoms with Crippen molar-refractivity contribution in [3.05, 3.63) is 34.3 Å². The van der Waals surface area contributed by atoms with Crippen LogP contribution in [0.3, 0.4) is 0 Å². The van der Waals surface area contributed by atoms with Gasteiger partial charge in [0.1, 0.15) is 0 Å². The minimum Gasteiger partial charge on any atom is -0.356 e. The summed E-state index contributed by atoms with van der Waals surface area (Å²) in [6, 6.07) is 8.73. The predicted octanol–water partition coefficient (Wildman–Crippen LogP) is 3.13. The lowest BCUT2D eigenvalue weighted by molar-refractivity contribution is -0.121. The summed E-state index contributed by atoms with van der Waals surface area (Å²) in [4.78, 5) is 11.6. The second-order valence-electron chi connectivity index (χ2n) is 5.63. The number of benzene rings is 1. The SMILES string of the molecule is CC(C)CNC(=O)CCNC(C)Cc1ccc(Br)cc1. The van der Waals surface area contributed by atoms with Gasteiger partial charge >= 0.3 is 0 Å². The Balaban J connectivity index is 2.18. The quantitative estimate of drug-likeness (QED) is 0.763. The number of carbonyl (C=O) groups excluding carboxylic acids is 1. The summed E-state index contributed by atoms with van der Waals surface area (Å²) in [6.45, 7) is 7.82. The molecule has 1 aromatic rings. The molecule has 0 saturated heterocycles. The summed E-state index contributed by atoms with van der Waals surface area (Å²) in [5.74, 6) is 0.630. The summed E-state index contributed by atoms with van der Waals surface area (Å²) in [5, 5.41) is 6.32. The van der Waals surface area contributed by atoms with Crippen molar-refractivity contribution in [3.63, 3.8) is 0 Å². The highest BCUT2D eigenvalue weighted by Crippen LogP contribution is 2.11. The second kappa shape index (κ2) is 9.14. The van der Waals surface area contributed by atoms with Crippen LogP contribution < -0.4 is 10.6 Å². The molecule has 2 N–H and O–H groups in total. The van der Waals surface area contributed by atoms with Gasteiger partial charge in [-0.2, -0.15) is 0 Å². The molecule has 112 valence electrons. The van der Waals surface area contributed by atoms with Gasteiger partial charge < -0.3 is 10.6 Å². The van der Waals surface area contributed by atoms with Gasteiger partial charge in [0.15, 0.2) is 0 Å². The molecule has 0 bridgehead atoms. The molecule has 0 saturated carbocycles. The van der Waals surface area contributed by atoms with E-state index in [0.717, 1.165) is 24.0 Å². The number of nitrogens with one attached hydrogen (secondary N) is 2. The summed E-state index contributed by atoms with van der Waals surface area (Å²) in [5.41, 5.74) is 1.30. The van der Waals surface area contributed by atoms with Gasteiger partial charge in [0.05, 0.1) is 0 Å². The fraction of sp³-hybridized carbons (Fsp3) is 0.562. The van der Waals surface area contributed by atoms with Crippen molar-refractivity contribution in [1.29, 1.82) is 0 Å². The molecule has 0 aliphatic heterocycles. The molecule has 3 nitrogen and oxygen atoms in total. The number of rotatable bonds is 8. The van der Waals surface area contributed by atoms with Gasteiger partial charge in [-0.15, -0.1) is 0 Å². The van der Waals surface area contributed by atoms with Gasteiger partial charge in [0, 0.05) is 30.0 Å². The second-order valence-corrected chi connectivity index (χ2v) is 6.55. The van der Waals surface area contributed by atoms with Gasteiger partial charge in [-0.25, -0.2) is 0 Å². The fourth-order valence-corrected chi connectivity index (χ4v) is 2.15. The van der Waals surface area contributed by atoms with E-state index < -0.39 is 0 Å². The van der Waals surface area contributed by atoms with Crippen LogP contribution in [0.1, 0.15) is 32.8 Å². The number of halogens is 1. The number of hydrogen-bond donors (Lipinski definition) is 2. The molecule has 1 aromatic carbocycles. The smallest absolute Gasteiger partial charge is 0.221 e. The molecule has 1 unspecified atom stereocenters. The van der Waals surface area contributed by atoms with Gasteiger partial charge in [0.2, 0.25) is 5.91 Å². The van der Waals surface area contributed by atoms with Crippen molar-refractivity contribution in [2.75, 3.05) is 13.1 Å². The van der Waals surface area contributed by atoms with E-state index in [1.807, 2.05) is 0 Å². The average Bonchev–Trinajstić information content (AvgIpc) is 2.39. The maximum Gasteiger partial charge on any atom is 0.221 e. The van der Waals surface area contributed by atoms with Crippen molar-refractivity contribution in [1.82, 2.24) is 10.6 Å². The molecule has 0 heterocycles. The van der Waals surface area contributed by atoms with E-state index in [2.05, 4.69) is 71.6 Å². The highest BCUT2D eigenvalue weighted by Gasteiger charge is 2.05. The van der Waals surface area contributed by atoms with Crippen LogP contribution in [0.5, 0.6) is 0 Å². The van der Waals surface area contributed by atoms with Crippen LogP contribution in [0.25, 0.3) is 0 Å². The van der Waals surface area contributed by atoms with Crippen LogP contribution in [0.15, 0.2) is 28.7 Å². The zero-order chi connectivity index (χ0) is 15.0. The van der Waals surface area contributed by atoms with E-state index in [-0.39, 0.29) is 5.91 Å². The molecule has 0 aromatic heterocycles. The lowest BCUT2D eigenvalue weighted by atomic mass is 10.1. The van der Waals surface area contributed by atoms with Crippen molar-refractivity contribution in [2.45, 2.75) is 39.7 Å². The zero-order valence-corrected chi connectivity index (χ0v) is 14.2. The Morgan fingerprint density at radius 3 is 2.45 bits per heavy atom. The Labute approximate surface area is 130 Å². The summed E-state index contributed by atoms with van der Waals surface area (Å²) < 4.78 is 1.10. The molecule has 1 amide bonds. The number of carbonyl (C=O) groups is 1. The first-order valence-electron chi connectivity index (χ1n) is 7.22. The molecule has 0 radical (unpaired) electrons. The molecule has 0 spiro atoms. The zero-order valence-electron chi connectivity index (χ0n) is 12.6. The van der Waals surface area contributed by atoms with E-state index in [1.54, 1.807) is 0 Å². The minimum absolute atomic E-state index is 0.127. The van der Waals surface area contributed by atoms with Crippen LogP contribution in [0, 0.1) is 5.92 Å². The summed E-state index contributed by atoms with van der Waals surface area (Å²) in [7, 11) is 0. The lowest BCUT2D eigenvalue weighted by Crippen LogP contribution is -2.34. The number of amides is 1. The third kappa shape index (κ3) is 7.65. The monoisotopic (exact) mass is 340 g/mol. The summed E-state index contributed by atoms with van der Waals surface area (Å²) in [6.07, 6.45) is 1.51. The molecule has 20 heavy (non-hydrogen) atoms. The molecular formula is C16H25BrN2O. The Hall–Kier alpha value is -0.870. The lowest BCUT2D eigenvalue weighted by Gasteiger charge is -2.14. The maximum absolute atomic E-state index is 11.6. The van der Waals surface area contributed by atoms with Crippen LogP contribution >= 0.6 is 15.9 Å². The third-order valence-corrected chi connectivity index (χ3v) is 3.54. The topological polar surface area (TPSA) is 41.1 Å². The first-order chi connectivity index (χ1) is 9.47. The Morgan fingerprint density at radius 1 is 1.20 bits per heavy atom. The molecule has 1 rings (SSSR count). The van der Waals surface area contributed by atoms with Crippen molar-refractivity contribution >= 4 is 21.8 Å². The molecular weight excluding hydrogens is 316 g/mol. The van der Waals surface area contributed by atoms with Crippen molar-refractivity contribution in [3.8, 4) is 0 Å². The third-order valence-electron chi connectivity index (χ3n) is 3.01.